The Kier molecular flexibility index (Phi) is 6.07. The van der Waals surface area contributed by atoms with E-state index in [1.165, 1.54) is 11.1 Å². The van der Waals surface area contributed by atoms with Crippen molar-refractivity contribution in [3.63, 3.8) is 0 Å². The normalized spacial score (nSPS) is 12.4. The van der Waals surface area contributed by atoms with Gasteiger partial charge in [-0.1, -0.05) is 59.1 Å². The molecule has 1 atom stereocenters. The van der Waals surface area contributed by atoms with E-state index < -0.39 is 0 Å². The summed E-state index contributed by atoms with van der Waals surface area (Å²) in [5.74, 6) is 5.68. The number of hydrazine groups is 1. The van der Waals surface area contributed by atoms with Gasteiger partial charge >= 0.3 is 0 Å². The molecular weight excluding hydrogens is 303 g/mol. The number of halogens is 2. The van der Waals surface area contributed by atoms with Gasteiger partial charge in [-0.3, -0.25) is 11.3 Å². The molecule has 0 bridgehead atoms. The van der Waals surface area contributed by atoms with Crippen LogP contribution in [0.2, 0.25) is 10.0 Å². The van der Waals surface area contributed by atoms with E-state index in [4.69, 9.17) is 29.0 Å². The molecule has 0 radical (unpaired) electrons. The number of hydrogen-bond acceptors (Lipinski definition) is 2. The van der Waals surface area contributed by atoms with Gasteiger partial charge in [-0.05, 0) is 49.4 Å². The van der Waals surface area contributed by atoms with Crippen LogP contribution in [0.3, 0.4) is 0 Å². The van der Waals surface area contributed by atoms with E-state index in [0.717, 1.165) is 24.8 Å². The van der Waals surface area contributed by atoms with Crippen LogP contribution < -0.4 is 11.3 Å². The largest absolute Gasteiger partial charge is 0.271 e. The van der Waals surface area contributed by atoms with E-state index >= 15 is 0 Å². The van der Waals surface area contributed by atoms with Gasteiger partial charge in [0.1, 0.15) is 0 Å². The van der Waals surface area contributed by atoms with Gasteiger partial charge in [0.25, 0.3) is 0 Å². The summed E-state index contributed by atoms with van der Waals surface area (Å²) in [6, 6.07) is 14.2. The minimum atomic E-state index is 0.142. The maximum absolute atomic E-state index is 6.22. The van der Waals surface area contributed by atoms with Crippen LogP contribution in [-0.2, 0) is 12.8 Å². The van der Waals surface area contributed by atoms with Crippen LogP contribution in [0.5, 0.6) is 0 Å². The Bertz CT molecular complexity index is 579. The monoisotopic (exact) mass is 322 g/mol. The Balaban J connectivity index is 2.00. The summed E-state index contributed by atoms with van der Waals surface area (Å²) in [5.41, 5.74) is 6.42. The SMILES string of the molecule is Cc1cccc(CCC(Cc2c(Cl)cccc2Cl)NN)c1. The third kappa shape index (κ3) is 4.72. The summed E-state index contributed by atoms with van der Waals surface area (Å²) < 4.78 is 0. The molecule has 0 fully saturated rings. The van der Waals surface area contributed by atoms with Crippen molar-refractivity contribution >= 4 is 23.2 Å². The Labute approximate surface area is 136 Å². The first-order valence-corrected chi connectivity index (χ1v) is 7.80. The van der Waals surface area contributed by atoms with Gasteiger partial charge in [-0.25, -0.2) is 0 Å². The van der Waals surface area contributed by atoms with Crippen LogP contribution in [0.1, 0.15) is 23.1 Å². The first-order valence-electron chi connectivity index (χ1n) is 7.04. The summed E-state index contributed by atoms with van der Waals surface area (Å²) in [5, 5.41) is 1.39. The molecule has 2 nitrogen and oxygen atoms in total. The van der Waals surface area contributed by atoms with Crippen molar-refractivity contribution in [1.82, 2.24) is 5.43 Å². The predicted molar refractivity (Wildman–Crippen MR) is 90.8 cm³/mol. The molecule has 2 rings (SSSR count). The molecule has 0 aliphatic heterocycles. The summed E-state index contributed by atoms with van der Waals surface area (Å²) in [4.78, 5) is 0. The molecule has 4 heteroatoms. The Morgan fingerprint density at radius 3 is 2.38 bits per heavy atom. The Morgan fingerprint density at radius 2 is 1.76 bits per heavy atom. The van der Waals surface area contributed by atoms with Crippen molar-refractivity contribution in [2.24, 2.45) is 5.84 Å². The maximum atomic E-state index is 6.22. The number of nitrogens with two attached hydrogens (primary N) is 1. The molecule has 21 heavy (non-hydrogen) atoms. The lowest BCUT2D eigenvalue weighted by Gasteiger charge is -2.17. The van der Waals surface area contributed by atoms with Crippen molar-refractivity contribution < 1.29 is 0 Å². The van der Waals surface area contributed by atoms with Gasteiger partial charge in [0, 0.05) is 16.1 Å². The average molecular weight is 323 g/mol. The minimum absolute atomic E-state index is 0.142. The third-order valence-electron chi connectivity index (χ3n) is 3.61. The molecule has 0 aromatic heterocycles. The molecule has 0 aliphatic rings. The van der Waals surface area contributed by atoms with E-state index in [1.54, 1.807) is 0 Å². The lowest BCUT2D eigenvalue weighted by atomic mass is 9.98. The van der Waals surface area contributed by atoms with Crippen LogP contribution in [0.4, 0.5) is 0 Å². The van der Waals surface area contributed by atoms with Crippen LogP contribution in [0.25, 0.3) is 0 Å². The van der Waals surface area contributed by atoms with Gasteiger partial charge in [0.05, 0.1) is 0 Å². The number of rotatable bonds is 6. The lowest BCUT2D eigenvalue weighted by Crippen LogP contribution is -2.37. The number of nitrogens with one attached hydrogen (secondary N) is 1. The minimum Gasteiger partial charge on any atom is -0.271 e. The zero-order valence-electron chi connectivity index (χ0n) is 12.1. The van der Waals surface area contributed by atoms with E-state index in [2.05, 4.69) is 36.6 Å². The van der Waals surface area contributed by atoms with Crippen LogP contribution in [0, 0.1) is 6.92 Å². The van der Waals surface area contributed by atoms with Gasteiger partial charge in [0.15, 0.2) is 0 Å². The number of aryl methyl sites for hydroxylation is 2. The number of benzene rings is 2. The fraction of sp³-hybridized carbons (Fsp3) is 0.294. The van der Waals surface area contributed by atoms with Crippen LogP contribution in [-0.4, -0.2) is 6.04 Å². The van der Waals surface area contributed by atoms with E-state index in [9.17, 15) is 0 Å². The molecule has 2 aromatic carbocycles. The highest BCUT2D eigenvalue weighted by Gasteiger charge is 2.13. The molecule has 2 aromatic rings. The van der Waals surface area contributed by atoms with Crippen molar-refractivity contribution in [3.05, 3.63) is 69.2 Å². The first kappa shape index (κ1) is 16.3. The zero-order valence-corrected chi connectivity index (χ0v) is 13.6. The first-order chi connectivity index (χ1) is 10.1. The standard InChI is InChI=1S/C17H20Cl2N2/c1-12-4-2-5-13(10-12)8-9-14(21-20)11-15-16(18)6-3-7-17(15)19/h2-7,10,14,21H,8-9,11,20H2,1H3. The highest BCUT2D eigenvalue weighted by Crippen LogP contribution is 2.26. The molecule has 0 saturated heterocycles. The van der Waals surface area contributed by atoms with Crippen LogP contribution in [0.15, 0.2) is 42.5 Å². The topological polar surface area (TPSA) is 38.0 Å². The van der Waals surface area contributed by atoms with Gasteiger partial charge < -0.3 is 0 Å². The molecule has 0 heterocycles. The molecule has 0 spiro atoms. The maximum Gasteiger partial charge on any atom is 0.0453 e. The number of hydrogen-bond donors (Lipinski definition) is 2. The fourth-order valence-corrected chi connectivity index (χ4v) is 2.98. The summed E-state index contributed by atoms with van der Waals surface area (Å²) in [6.07, 6.45) is 2.63. The third-order valence-corrected chi connectivity index (χ3v) is 4.32. The molecule has 1 unspecified atom stereocenters. The Morgan fingerprint density at radius 1 is 1.10 bits per heavy atom. The Hall–Kier alpha value is -1.06. The van der Waals surface area contributed by atoms with Gasteiger partial charge in [-0.15, -0.1) is 0 Å². The second kappa shape index (κ2) is 7.81. The zero-order chi connectivity index (χ0) is 15.2. The van der Waals surface area contributed by atoms with E-state index in [-0.39, 0.29) is 6.04 Å². The molecule has 0 aliphatic carbocycles. The van der Waals surface area contributed by atoms with Gasteiger partial charge in [0.2, 0.25) is 0 Å². The molecule has 3 N–H and O–H groups in total. The smallest absolute Gasteiger partial charge is 0.0453 e. The van der Waals surface area contributed by atoms with Crippen molar-refractivity contribution in [2.75, 3.05) is 0 Å². The summed E-state index contributed by atoms with van der Waals surface area (Å²) in [7, 11) is 0. The molecule has 112 valence electrons. The highest BCUT2D eigenvalue weighted by atomic mass is 35.5. The van der Waals surface area contributed by atoms with Crippen LogP contribution >= 0.6 is 23.2 Å². The summed E-state index contributed by atoms with van der Waals surface area (Å²) in [6.45, 7) is 2.10. The predicted octanol–water partition coefficient (Wildman–Crippen LogP) is 4.31. The lowest BCUT2D eigenvalue weighted by molar-refractivity contribution is 0.491. The average Bonchev–Trinajstić information content (AvgIpc) is 2.46. The van der Waals surface area contributed by atoms with E-state index in [1.807, 2.05) is 18.2 Å². The van der Waals surface area contributed by atoms with Crippen molar-refractivity contribution in [1.29, 1.82) is 0 Å². The van der Waals surface area contributed by atoms with E-state index in [0.29, 0.717) is 10.0 Å². The highest BCUT2D eigenvalue weighted by molar-refractivity contribution is 6.36. The van der Waals surface area contributed by atoms with Crippen molar-refractivity contribution in [3.8, 4) is 0 Å². The molecular formula is C17H20Cl2N2. The second-order valence-electron chi connectivity index (χ2n) is 5.30. The molecule has 0 saturated carbocycles. The molecule has 0 amide bonds. The van der Waals surface area contributed by atoms with Crippen molar-refractivity contribution in [2.45, 2.75) is 32.2 Å². The quantitative estimate of drug-likeness (QED) is 0.614. The van der Waals surface area contributed by atoms with Gasteiger partial charge in [-0.2, -0.15) is 0 Å². The fourth-order valence-electron chi connectivity index (χ4n) is 2.43. The summed E-state index contributed by atoms with van der Waals surface area (Å²) >= 11 is 12.4. The second-order valence-corrected chi connectivity index (χ2v) is 6.11.